The molecule has 0 saturated carbocycles. The van der Waals surface area contributed by atoms with Crippen LogP contribution in [-0.2, 0) is 16.1 Å². The van der Waals surface area contributed by atoms with Crippen molar-refractivity contribution in [2.45, 2.75) is 39.8 Å². The van der Waals surface area contributed by atoms with Crippen molar-refractivity contribution in [3.63, 3.8) is 0 Å². The van der Waals surface area contributed by atoms with Gasteiger partial charge in [0.25, 0.3) is 0 Å². The van der Waals surface area contributed by atoms with E-state index in [1.165, 1.54) is 6.92 Å². The topological polar surface area (TPSA) is 86.9 Å². The van der Waals surface area contributed by atoms with E-state index in [4.69, 9.17) is 0 Å². The van der Waals surface area contributed by atoms with Crippen molar-refractivity contribution in [2.75, 3.05) is 0 Å². The number of fused-ring (bicyclic) bond motifs is 1. The Labute approximate surface area is 123 Å². The van der Waals surface area contributed by atoms with Gasteiger partial charge in [0.1, 0.15) is 11.4 Å². The minimum atomic E-state index is -0.930. The molecule has 1 aromatic heterocycles. The number of rotatable bonds is 4. The van der Waals surface area contributed by atoms with E-state index in [1.54, 1.807) is 13.8 Å². The van der Waals surface area contributed by atoms with Crippen LogP contribution in [0.4, 0.5) is 0 Å². The number of carbonyl (C=O) groups excluding carboxylic acids is 2. The summed E-state index contributed by atoms with van der Waals surface area (Å²) in [5, 5.41) is 5.45. The van der Waals surface area contributed by atoms with Crippen LogP contribution in [-0.4, -0.2) is 27.3 Å². The van der Waals surface area contributed by atoms with Crippen molar-refractivity contribution in [3.8, 4) is 0 Å². The van der Waals surface area contributed by atoms with Gasteiger partial charge in [0.2, 0.25) is 11.8 Å². The van der Waals surface area contributed by atoms with Gasteiger partial charge in [-0.15, -0.1) is 0 Å². The SMILES string of the molecule is CC(=O)NC(C)(C)C(=O)NCc1ccc2nc(C)[nH]c2c1. The van der Waals surface area contributed by atoms with E-state index in [-0.39, 0.29) is 11.8 Å². The van der Waals surface area contributed by atoms with Crippen LogP contribution in [0.1, 0.15) is 32.2 Å². The highest BCUT2D eigenvalue weighted by Gasteiger charge is 2.27. The number of aromatic nitrogens is 2. The quantitative estimate of drug-likeness (QED) is 0.795. The predicted molar refractivity (Wildman–Crippen MR) is 80.6 cm³/mol. The van der Waals surface area contributed by atoms with Crippen LogP contribution in [0.3, 0.4) is 0 Å². The normalized spacial score (nSPS) is 11.4. The highest BCUT2D eigenvalue weighted by Crippen LogP contribution is 2.13. The van der Waals surface area contributed by atoms with E-state index < -0.39 is 5.54 Å². The average Bonchev–Trinajstić information content (AvgIpc) is 2.73. The number of benzene rings is 1. The van der Waals surface area contributed by atoms with Crippen molar-refractivity contribution < 1.29 is 9.59 Å². The molecule has 0 atom stereocenters. The molecule has 0 saturated heterocycles. The molecule has 6 nitrogen and oxygen atoms in total. The van der Waals surface area contributed by atoms with Gasteiger partial charge >= 0.3 is 0 Å². The van der Waals surface area contributed by atoms with Crippen LogP contribution in [0.25, 0.3) is 11.0 Å². The number of hydrogen-bond acceptors (Lipinski definition) is 3. The van der Waals surface area contributed by atoms with Crippen LogP contribution in [0.5, 0.6) is 0 Å². The molecule has 1 aromatic carbocycles. The van der Waals surface area contributed by atoms with Crippen molar-refractivity contribution in [1.29, 1.82) is 0 Å². The summed E-state index contributed by atoms with van der Waals surface area (Å²) in [6, 6.07) is 5.80. The smallest absolute Gasteiger partial charge is 0.245 e. The number of nitrogens with zero attached hydrogens (tertiary/aromatic N) is 1. The Balaban J connectivity index is 2.03. The minimum absolute atomic E-state index is 0.224. The Morgan fingerprint density at radius 3 is 2.71 bits per heavy atom. The van der Waals surface area contributed by atoms with Gasteiger partial charge in [-0.3, -0.25) is 9.59 Å². The molecule has 3 N–H and O–H groups in total. The van der Waals surface area contributed by atoms with Gasteiger partial charge in [-0.1, -0.05) is 6.07 Å². The van der Waals surface area contributed by atoms with Gasteiger partial charge in [-0.2, -0.15) is 0 Å². The third-order valence-electron chi connectivity index (χ3n) is 3.17. The van der Waals surface area contributed by atoms with E-state index in [0.717, 1.165) is 22.4 Å². The number of nitrogens with one attached hydrogen (secondary N) is 3. The lowest BCUT2D eigenvalue weighted by molar-refractivity contribution is -0.131. The Kier molecular flexibility index (Phi) is 3.97. The summed E-state index contributed by atoms with van der Waals surface area (Å²) in [5.74, 6) is 0.404. The monoisotopic (exact) mass is 288 g/mol. The zero-order chi connectivity index (χ0) is 15.6. The average molecular weight is 288 g/mol. The fourth-order valence-corrected chi connectivity index (χ4v) is 2.19. The largest absolute Gasteiger partial charge is 0.350 e. The third kappa shape index (κ3) is 3.59. The maximum absolute atomic E-state index is 12.1. The molecule has 0 radical (unpaired) electrons. The van der Waals surface area contributed by atoms with Gasteiger partial charge in [-0.25, -0.2) is 4.98 Å². The second kappa shape index (κ2) is 5.55. The molecule has 0 unspecified atom stereocenters. The number of aryl methyl sites for hydroxylation is 1. The summed E-state index contributed by atoms with van der Waals surface area (Å²) in [6.45, 7) is 7.03. The van der Waals surface area contributed by atoms with E-state index in [1.807, 2.05) is 25.1 Å². The lowest BCUT2D eigenvalue weighted by Gasteiger charge is -2.24. The van der Waals surface area contributed by atoms with Gasteiger partial charge in [-0.05, 0) is 38.5 Å². The summed E-state index contributed by atoms with van der Waals surface area (Å²) in [7, 11) is 0. The molecular weight excluding hydrogens is 268 g/mol. The molecule has 2 amide bonds. The molecule has 0 bridgehead atoms. The molecule has 0 aliphatic carbocycles. The third-order valence-corrected chi connectivity index (χ3v) is 3.17. The molecule has 2 rings (SSSR count). The lowest BCUT2D eigenvalue weighted by Crippen LogP contribution is -2.53. The van der Waals surface area contributed by atoms with Crippen molar-refractivity contribution in [3.05, 3.63) is 29.6 Å². The zero-order valence-corrected chi connectivity index (χ0v) is 12.7. The molecule has 2 aromatic rings. The molecule has 0 aliphatic rings. The van der Waals surface area contributed by atoms with Gasteiger partial charge in [0.05, 0.1) is 11.0 Å². The highest BCUT2D eigenvalue weighted by molar-refractivity contribution is 5.90. The molecule has 0 spiro atoms. The number of aromatic amines is 1. The molecule has 6 heteroatoms. The Hall–Kier alpha value is -2.37. The number of imidazole rings is 1. The van der Waals surface area contributed by atoms with Crippen LogP contribution < -0.4 is 10.6 Å². The molecule has 0 fully saturated rings. The first-order valence-electron chi connectivity index (χ1n) is 6.80. The molecule has 21 heavy (non-hydrogen) atoms. The molecular formula is C15H20N4O2. The fraction of sp³-hybridized carbons (Fsp3) is 0.400. The molecule has 112 valence electrons. The standard InChI is InChI=1S/C15H20N4O2/c1-9-17-12-6-5-11(7-13(12)18-9)8-16-14(21)15(3,4)19-10(2)20/h5-7H,8H2,1-4H3,(H,16,21)(H,17,18)(H,19,20). The summed E-state index contributed by atoms with van der Waals surface area (Å²) in [5.41, 5.74) is 1.89. The van der Waals surface area contributed by atoms with Gasteiger partial charge in [0.15, 0.2) is 0 Å². The Morgan fingerprint density at radius 1 is 1.33 bits per heavy atom. The van der Waals surface area contributed by atoms with E-state index >= 15 is 0 Å². The summed E-state index contributed by atoms with van der Waals surface area (Å²) in [4.78, 5) is 30.7. The van der Waals surface area contributed by atoms with Gasteiger partial charge < -0.3 is 15.6 Å². The maximum atomic E-state index is 12.1. The van der Waals surface area contributed by atoms with E-state index in [0.29, 0.717) is 6.54 Å². The molecule has 0 aliphatic heterocycles. The Morgan fingerprint density at radius 2 is 2.05 bits per heavy atom. The minimum Gasteiger partial charge on any atom is -0.350 e. The fourth-order valence-electron chi connectivity index (χ4n) is 2.19. The van der Waals surface area contributed by atoms with Crippen molar-refractivity contribution in [2.24, 2.45) is 0 Å². The van der Waals surface area contributed by atoms with Crippen LogP contribution in [0, 0.1) is 6.92 Å². The summed E-state index contributed by atoms with van der Waals surface area (Å²) >= 11 is 0. The van der Waals surface area contributed by atoms with Gasteiger partial charge in [0, 0.05) is 13.5 Å². The summed E-state index contributed by atoms with van der Waals surface area (Å²) in [6.07, 6.45) is 0. The van der Waals surface area contributed by atoms with Crippen LogP contribution in [0.2, 0.25) is 0 Å². The highest BCUT2D eigenvalue weighted by atomic mass is 16.2. The lowest BCUT2D eigenvalue weighted by atomic mass is 10.0. The summed E-state index contributed by atoms with van der Waals surface area (Å²) < 4.78 is 0. The van der Waals surface area contributed by atoms with Crippen molar-refractivity contribution in [1.82, 2.24) is 20.6 Å². The van der Waals surface area contributed by atoms with E-state index in [2.05, 4.69) is 20.6 Å². The Bertz CT molecular complexity index is 688. The first kappa shape index (κ1) is 15.0. The second-order valence-electron chi connectivity index (χ2n) is 5.66. The zero-order valence-electron chi connectivity index (χ0n) is 12.7. The molecule has 1 heterocycles. The maximum Gasteiger partial charge on any atom is 0.245 e. The number of H-pyrrole nitrogens is 1. The number of hydrogen-bond donors (Lipinski definition) is 3. The van der Waals surface area contributed by atoms with Crippen molar-refractivity contribution >= 4 is 22.8 Å². The number of carbonyl (C=O) groups is 2. The van der Waals surface area contributed by atoms with Crippen LogP contribution in [0.15, 0.2) is 18.2 Å². The van der Waals surface area contributed by atoms with E-state index in [9.17, 15) is 9.59 Å². The second-order valence-corrected chi connectivity index (χ2v) is 5.66. The van der Waals surface area contributed by atoms with Crippen LogP contribution >= 0.6 is 0 Å². The first-order chi connectivity index (χ1) is 9.78. The first-order valence-corrected chi connectivity index (χ1v) is 6.80. The number of amides is 2. The predicted octanol–water partition coefficient (Wildman–Crippen LogP) is 1.40.